The van der Waals surface area contributed by atoms with Gasteiger partial charge in [-0.1, -0.05) is 50.5 Å². The summed E-state index contributed by atoms with van der Waals surface area (Å²) in [5.41, 5.74) is 1.98. The van der Waals surface area contributed by atoms with Gasteiger partial charge in [0.15, 0.2) is 0 Å². The second kappa shape index (κ2) is 21.2. The van der Waals surface area contributed by atoms with Gasteiger partial charge in [-0.15, -0.1) is 0 Å². The summed E-state index contributed by atoms with van der Waals surface area (Å²) < 4.78 is 220. The Morgan fingerprint density at radius 2 is 0.938 bits per heavy atom. The van der Waals surface area contributed by atoms with Gasteiger partial charge in [-0.2, -0.15) is 65.9 Å². The van der Waals surface area contributed by atoms with Crippen molar-refractivity contribution in [1.82, 2.24) is 0 Å². The molecule has 0 saturated carbocycles. The Morgan fingerprint density at radius 1 is 0.500 bits per heavy atom. The number of carbonyl (C=O) groups excluding carboxylic acids is 3. The zero-order valence-electron chi connectivity index (χ0n) is 33.8. The second-order valence-electron chi connectivity index (χ2n) is 14.4. The molecule has 0 radical (unpaired) electrons. The van der Waals surface area contributed by atoms with Crippen molar-refractivity contribution in [1.29, 1.82) is 0 Å². The number of esters is 3. The van der Waals surface area contributed by atoms with Gasteiger partial charge in [-0.3, -0.25) is 0 Å². The molecule has 0 fully saturated rings. The lowest BCUT2D eigenvalue weighted by Crippen LogP contribution is -2.73. The molecule has 1 atom stereocenters. The van der Waals surface area contributed by atoms with E-state index in [0.29, 0.717) is 16.9 Å². The van der Waals surface area contributed by atoms with Crippen LogP contribution in [0.2, 0.25) is 0 Å². The number of carbonyl (C=O) groups is 3. The molecule has 64 heavy (non-hydrogen) atoms. The zero-order chi connectivity index (χ0) is 48.4. The SMILES string of the molecule is CCCCCC[C@H](C)OC(=O)c1ccc(OC(=O)c2ccc(-c3ccc(OCCCCCCOC(=O)C(F)(F)C(F)(F)C(F)(F)C(F)(F)C(F)(F)C(F)(F)C(F)(F)F)cc3)cc2)cc1. The Hall–Kier alpha value is -5.18. The van der Waals surface area contributed by atoms with Crippen molar-refractivity contribution in [3.63, 3.8) is 0 Å². The number of ether oxygens (including phenoxy) is 4. The topological polar surface area (TPSA) is 88.1 Å². The highest BCUT2D eigenvalue weighted by Gasteiger charge is 2.94. The van der Waals surface area contributed by atoms with E-state index in [1.165, 1.54) is 24.3 Å². The highest BCUT2D eigenvalue weighted by Crippen LogP contribution is 2.62. The van der Waals surface area contributed by atoms with Crippen molar-refractivity contribution in [3.05, 3.63) is 83.9 Å². The molecule has 0 aliphatic carbocycles. The largest absolute Gasteiger partial charge is 0.494 e. The average molecular weight is 943 g/mol. The van der Waals surface area contributed by atoms with Gasteiger partial charge in [0.05, 0.1) is 30.4 Å². The van der Waals surface area contributed by atoms with E-state index in [0.717, 1.165) is 37.7 Å². The van der Waals surface area contributed by atoms with Crippen molar-refractivity contribution >= 4 is 17.9 Å². The first kappa shape index (κ1) is 53.2. The molecule has 0 heterocycles. The minimum Gasteiger partial charge on any atom is -0.494 e. The van der Waals surface area contributed by atoms with Crippen LogP contribution in [0.4, 0.5) is 65.9 Å². The lowest BCUT2D eigenvalue weighted by molar-refractivity contribution is -0.450. The first-order valence-electron chi connectivity index (χ1n) is 19.4. The Bertz CT molecular complexity index is 1990. The molecule has 0 aromatic heterocycles. The minimum atomic E-state index is -8.49. The fraction of sp³-hybridized carbons (Fsp3) is 0.500. The van der Waals surface area contributed by atoms with Crippen LogP contribution in [0, 0.1) is 0 Å². The van der Waals surface area contributed by atoms with Crippen LogP contribution in [0.25, 0.3) is 11.1 Å². The molecule has 0 spiro atoms. The molecular formula is C42H41F15O7. The third kappa shape index (κ3) is 11.9. The van der Waals surface area contributed by atoms with Crippen molar-refractivity contribution in [2.45, 2.75) is 119 Å². The summed E-state index contributed by atoms with van der Waals surface area (Å²) in [7, 11) is 0. The number of rotatable bonds is 24. The van der Waals surface area contributed by atoms with E-state index in [2.05, 4.69) is 11.7 Å². The molecule has 0 aliphatic heterocycles. The molecule has 22 heteroatoms. The zero-order valence-corrected chi connectivity index (χ0v) is 33.8. The predicted octanol–water partition coefficient (Wildman–Crippen LogP) is 12.9. The van der Waals surface area contributed by atoms with Crippen LogP contribution in [0.1, 0.15) is 92.4 Å². The highest BCUT2D eigenvalue weighted by atomic mass is 19.4. The van der Waals surface area contributed by atoms with Gasteiger partial charge in [-0.25, -0.2) is 14.4 Å². The van der Waals surface area contributed by atoms with E-state index in [-0.39, 0.29) is 43.3 Å². The minimum absolute atomic E-state index is 0.0322. The summed E-state index contributed by atoms with van der Waals surface area (Å²) >= 11 is 0. The van der Waals surface area contributed by atoms with Gasteiger partial charge in [0, 0.05) is 0 Å². The Kier molecular flexibility index (Phi) is 17.6. The van der Waals surface area contributed by atoms with E-state index >= 15 is 0 Å². The fourth-order valence-electron chi connectivity index (χ4n) is 5.63. The van der Waals surface area contributed by atoms with Crippen LogP contribution in [0.15, 0.2) is 72.8 Å². The maximum absolute atomic E-state index is 14.0. The molecular weight excluding hydrogens is 901 g/mol. The van der Waals surface area contributed by atoms with Crippen LogP contribution >= 0.6 is 0 Å². The van der Waals surface area contributed by atoms with Crippen molar-refractivity contribution in [2.24, 2.45) is 0 Å². The Morgan fingerprint density at radius 3 is 1.47 bits per heavy atom. The number of alkyl halides is 15. The molecule has 7 nitrogen and oxygen atoms in total. The van der Waals surface area contributed by atoms with E-state index in [1.54, 1.807) is 48.5 Å². The van der Waals surface area contributed by atoms with E-state index < -0.39 is 72.6 Å². The molecule has 0 saturated heterocycles. The van der Waals surface area contributed by atoms with Gasteiger partial charge < -0.3 is 18.9 Å². The Labute approximate surface area is 356 Å². The molecule has 0 aliphatic rings. The number of hydrogen-bond donors (Lipinski definition) is 0. The van der Waals surface area contributed by atoms with Gasteiger partial charge in [0.1, 0.15) is 11.5 Å². The smallest absolute Gasteiger partial charge is 0.460 e. The molecule has 3 aromatic rings. The van der Waals surface area contributed by atoms with Crippen LogP contribution in [0.5, 0.6) is 11.5 Å². The quantitative estimate of drug-likeness (QED) is 0.0382. The number of hydrogen-bond acceptors (Lipinski definition) is 7. The number of benzene rings is 3. The summed E-state index contributed by atoms with van der Waals surface area (Å²) in [6, 6.07) is 18.9. The van der Waals surface area contributed by atoms with Gasteiger partial charge in [0.2, 0.25) is 0 Å². The predicted molar refractivity (Wildman–Crippen MR) is 198 cm³/mol. The van der Waals surface area contributed by atoms with Gasteiger partial charge in [-0.05, 0) is 105 Å². The second-order valence-corrected chi connectivity index (χ2v) is 14.4. The maximum atomic E-state index is 14.0. The molecule has 0 amide bonds. The van der Waals surface area contributed by atoms with E-state index in [1.807, 2.05) is 6.92 Å². The van der Waals surface area contributed by atoms with Crippen LogP contribution in [-0.2, 0) is 14.3 Å². The standard InChI is InChI=1S/C42H41F15O7/c1-3-4-5-8-11-26(2)63-33(58)30-18-22-32(23-19-30)64-34(59)29-14-12-27(13-15-29)28-16-20-31(21-17-28)61-24-9-6-7-10-25-62-35(60)36(43,44)37(45,46)38(47,48)39(49,50)40(51,52)41(53,54)42(55,56)57/h12-23,26H,3-11,24-25H2,1-2H3/t26-/m0/s1. The summed E-state index contributed by atoms with van der Waals surface area (Å²) in [5, 5.41) is 0. The number of halogens is 15. The first-order chi connectivity index (χ1) is 29.6. The van der Waals surface area contributed by atoms with Crippen LogP contribution < -0.4 is 9.47 Å². The molecule has 3 rings (SSSR count). The summed E-state index contributed by atoms with van der Waals surface area (Å²) in [6.45, 7) is 2.74. The molecule has 0 unspecified atom stereocenters. The fourth-order valence-corrected chi connectivity index (χ4v) is 5.63. The monoisotopic (exact) mass is 942 g/mol. The number of unbranched alkanes of at least 4 members (excludes halogenated alkanes) is 6. The molecule has 3 aromatic carbocycles. The summed E-state index contributed by atoms with van der Waals surface area (Å²) in [5.74, 6) is -52.7. The van der Waals surface area contributed by atoms with Crippen molar-refractivity contribution < 1.29 is 99.2 Å². The third-order valence-corrected chi connectivity index (χ3v) is 9.51. The van der Waals surface area contributed by atoms with Crippen molar-refractivity contribution in [2.75, 3.05) is 13.2 Å². The van der Waals surface area contributed by atoms with Crippen molar-refractivity contribution in [3.8, 4) is 22.6 Å². The first-order valence-corrected chi connectivity index (χ1v) is 19.4. The average Bonchev–Trinajstić information content (AvgIpc) is 3.23. The summed E-state index contributed by atoms with van der Waals surface area (Å²) in [4.78, 5) is 36.7. The normalized spacial score (nSPS) is 13.6. The molecule has 0 N–H and O–H groups in total. The third-order valence-electron chi connectivity index (χ3n) is 9.51. The lowest BCUT2D eigenvalue weighted by atomic mass is 9.91. The summed E-state index contributed by atoms with van der Waals surface area (Å²) in [6.07, 6.45) is -3.01. The maximum Gasteiger partial charge on any atom is 0.460 e. The van der Waals surface area contributed by atoms with Crippen LogP contribution in [-0.4, -0.2) is 78.9 Å². The van der Waals surface area contributed by atoms with E-state index in [4.69, 9.17) is 14.2 Å². The Balaban J connectivity index is 1.41. The van der Waals surface area contributed by atoms with Gasteiger partial charge >= 0.3 is 59.6 Å². The van der Waals surface area contributed by atoms with E-state index in [9.17, 15) is 80.2 Å². The lowest BCUT2D eigenvalue weighted by Gasteiger charge is -2.40. The highest BCUT2D eigenvalue weighted by molar-refractivity contribution is 5.92. The molecule has 356 valence electrons. The molecule has 0 bridgehead atoms. The van der Waals surface area contributed by atoms with Crippen LogP contribution in [0.3, 0.4) is 0 Å². The van der Waals surface area contributed by atoms with Gasteiger partial charge in [0.25, 0.3) is 0 Å².